The summed E-state index contributed by atoms with van der Waals surface area (Å²) in [7, 11) is -2.27. The molecule has 156 valence electrons. The molecule has 0 saturated carbocycles. The van der Waals surface area contributed by atoms with E-state index in [1.165, 1.54) is 49.6 Å². The van der Waals surface area contributed by atoms with Gasteiger partial charge in [-0.05, 0) is 42.5 Å². The molecule has 0 atom stereocenters. The molecule has 2 aromatic carbocycles. The maximum absolute atomic E-state index is 12.1. The number of carbonyl (C=O) groups excluding carboxylic acids is 2. The molecule has 0 saturated heterocycles. The van der Waals surface area contributed by atoms with E-state index in [1.807, 2.05) is 0 Å². The summed E-state index contributed by atoms with van der Waals surface area (Å²) in [5, 5.41) is 2.63. The van der Waals surface area contributed by atoms with Crippen molar-refractivity contribution in [2.45, 2.75) is 4.90 Å². The number of sulfonamides is 1. The molecule has 2 rings (SSSR count). The second-order valence-corrected chi connectivity index (χ2v) is 7.94. The van der Waals surface area contributed by atoms with Crippen LogP contribution >= 0.6 is 11.6 Å². The van der Waals surface area contributed by atoms with Crippen LogP contribution < -0.4 is 20.5 Å². The lowest BCUT2D eigenvalue weighted by atomic mass is 10.2. The first kappa shape index (κ1) is 22.6. The van der Waals surface area contributed by atoms with Gasteiger partial charge in [0.05, 0.1) is 16.5 Å². The van der Waals surface area contributed by atoms with Crippen molar-refractivity contribution in [3.8, 4) is 5.75 Å². The van der Waals surface area contributed by atoms with Gasteiger partial charge in [0, 0.05) is 24.9 Å². The van der Waals surface area contributed by atoms with Gasteiger partial charge in [0.1, 0.15) is 5.75 Å². The zero-order valence-corrected chi connectivity index (χ0v) is 17.0. The van der Waals surface area contributed by atoms with E-state index >= 15 is 0 Å². The van der Waals surface area contributed by atoms with Crippen LogP contribution in [0.25, 0.3) is 0 Å². The Morgan fingerprint density at radius 2 is 1.83 bits per heavy atom. The highest BCUT2D eigenvalue weighted by Crippen LogP contribution is 2.27. The normalized spacial score (nSPS) is 11.1. The highest BCUT2D eigenvalue weighted by molar-refractivity contribution is 7.89. The minimum Gasteiger partial charge on any atom is -0.482 e. The maximum atomic E-state index is 12.1. The zero-order chi connectivity index (χ0) is 21.4. The van der Waals surface area contributed by atoms with Gasteiger partial charge in [0.25, 0.3) is 5.91 Å². The van der Waals surface area contributed by atoms with Gasteiger partial charge in [0.15, 0.2) is 6.61 Å². The molecule has 0 aromatic heterocycles. The lowest BCUT2D eigenvalue weighted by molar-refractivity contribution is -0.118. The fourth-order valence-corrected chi connectivity index (χ4v) is 3.52. The number of primary amides is 1. The Labute approximate surface area is 173 Å². The summed E-state index contributed by atoms with van der Waals surface area (Å²) < 4.78 is 36.8. The third kappa shape index (κ3) is 6.71. The number of anilines is 1. The standard InChI is InChI=1S/C18H20ClN3O6S/c1-27-9-8-21-29(25,26)14-6-7-16(15(19)10-14)28-11-17(23)22-13-4-2-12(3-5-13)18(20)24/h2-7,10,21H,8-9,11H2,1H3,(H2,20,24)(H,22,23). The zero-order valence-electron chi connectivity index (χ0n) is 15.5. The first-order valence-electron chi connectivity index (χ1n) is 8.33. The molecule has 0 bridgehead atoms. The van der Waals surface area contributed by atoms with Gasteiger partial charge in [-0.2, -0.15) is 0 Å². The van der Waals surface area contributed by atoms with Gasteiger partial charge in [0.2, 0.25) is 15.9 Å². The van der Waals surface area contributed by atoms with Crippen LogP contribution in [0.4, 0.5) is 5.69 Å². The summed E-state index contributed by atoms with van der Waals surface area (Å²) in [6, 6.07) is 9.93. The van der Waals surface area contributed by atoms with Crippen LogP contribution in [0.5, 0.6) is 5.75 Å². The quantitative estimate of drug-likeness (QED) is 0.476. The molecule has 2 aromatic rings. The lowest BCUT2D eigenvalue weighted by Crippen LogP contribution is -2.27. The molecule has 2 amide bonds. The Hall–Kier alpha value is -2.66. The van der Waals surface area contributed by atoms with Crippen LogP contribution in [0, 0.1) is 0 Å². The van der Waals surface area contributed by atoms with Crippen molar-refractivity contribution in [3.05, 3.63) is 53.1 Å². The summed E-state index contributed by atoms with van der Waals surface area (Å²) in [5.74, 6) is -0.882. The van der Waals surface area contributed by atoms with E-state index in [1.54, 1.807) is 0 Å². The van der Waals surface area contributed by atoms with Crippen LogP contribution in [-0.2, 0) is 19.6 Å². The smallest absolute Gasteiger partial charge is 0.262 e. The van der Waals surface area contributed by atoms with Gasteiger partial charge in [-0.3, -0.25) is 9.59 Å². The molecular formula is C18H20ClN3O6S. The number of benzene rings is 2. The minimum atomic E-state index is -3.74. The van der Waals surface area contributed by atoms with Gasteiger partial charge in [-0.1, -0.05) is 11.6 Å². The number of carbonyl (C=O) groups is 2. The number of hydrogen-bond donors (Lipinski definition) is 3. The molecule has 0 aliphatic rings. The summed E-state index contributed by atoms with van der Waals surface area (Å²) in [5.41, 5.74) is 5.93. The van der Waals surface area contributed by atoms with E-state index in [0.29, 0.717) is 11.3 Å². The predicted octanol–water partition coefficient (Wildman–Crippen LogP) is 1.38. The van der Waals surface area contributed by atoms with Crippen molar-refractivity contribution in [2.24, 2.45) is 5.73 Å². The van der Waals surface area contributed by atoms with Gasteiger partial charge < -0.3 is 20.5 Å². The van der Waals surface area contributed by atoms with E-state index in [2.05, 4.69) is 10.0 Å². The van der Waals surface area contributed by atoms with Gasteiger partial charge in [-0.25, -0.2) is 13.1 Å². The highest BCUT2D eigenvalue weighted by Gasteiger charge is 2.16. The maximum Gasteiger partial charge on any atom is 0.262 e. The summed E-state index contributed by atoms with van der Waals surface area (Å²) >= 11 is 6.07. The van der Waals surface area contributed by atoms with Crippen LogP contribution in [-0.4, -0.2) is 47.1 Å². The van der Waals surface area contributed by atoms with Crippen LogP contribution in [0.2, 0.25) is 5.02 Å². The largest absolute Gasteiger partial charge is 0.482 e. The first-order chi connectivity index (χ1) is 13.7. The summed E-state index contributed by atoms with van der Waals surface area (Å²) in [4.78, 5) is 23.0. The number of hydrogen-bond acceptors (Lipinski definition) is 6. The summed E-state index contributed by atoms with van der Waals surface area (Å²) in [6.45, 7) is -0.000698. The van der Waals surface area contributed by atoms with Crippen LogP contribution in [0.1, 0.15) is 10.4 Å². The molecule has 9 nitrogen and oxygen atoms in total. The summed E-state index contributed by atoms with van der Waals surface area (Å²) in [6.07, 6.45) is 0. The van der Waals surface area contributed by atoms with Crippen molar-refractivity contribution in [3.63, 3.8) is 0 Å². The second-order valence-electron chi connectivity index (χ2n) is 5.76. The molecule has 0 unspecified atom stereocenters. The van der Waals surface area contributed by atoms with Crippen molar-refractivity contribution in [2.75, 3.05) is 32.2 Å². The van der Waals surface area contributed by atoms with Crippen molar-refractivity contribution in [1.82, 2.24) is 4.72 Å². The minimum absolute atomic E-state index is 0.0371. The third-order valence-corrected chi connectivity index (χ3v) is 5.38. The lowest BCUT2D eigenvalue weighted by Gasteiger charge is -2.11. The Balaban J connectivity index is 1.94. The number of halogens is 1. The van der Waals surface area contributed by atoms with E-state index in [-0.39, 0.29) is 35.4 Å². The molecule has 29 heavy (non-hydrogen) atoms. The monoisotopic (exact) mass is 441 g/mol. The molecule has 0 aliphatic heterocycles. The number of amides is 2. The molecule has 0 heterocycles. The fraction of sp³-hybridized carbons (Fsp3) is 0.222. The first-order valence-corrected chi connectivity index (χ1v) is 10.2. The van der Waals surface area contributed by atoms with Crippen LogP contribution in [0.15, 0.2) is 47.4 Å². The van der Waals surface area contributed by atoms with Crippen molar-refractivity contribution >= 4 is 39.1 Å². The third-order valence-electron chi connectivity index (χ3n) is 3.62. The number of ether oxygens (including phenoxy) is 2. The predicted molar refractivity (Wildman–Crippen MR) is 108 cm³/mol. The average molecular weight is 442 g/mol. The van der Waals surface area contributed by atoms with Gasteiger partial charge in [-0.15, -0.1) is 0 Å². The Bertz CT molecular complexity index is 980. The second kappa shape index (κ2) is 10.2. The number of nitrogens with two attached hydrogens (primary N) is 1. The molecule has 11 heteroatoms. The Morgan fingerprint density at radius 3 is 2.41 bits per heavy atom. The van der Waals surface area contributed by atoms with E-state index in [9.17, 15) is 18.0 Å². The van der Waals surface area contributed by atoms with Crippen molar-refractivity contribution < 1.29 is 27.5 Å². The number of nitrogens with one attached hydrogen (secondary N) is 2. The Morgan fingerprint density at radius 1 is 1.14 bits per heavy atom. The number of methoxy groups -OCH3 is 1. The molecule has 0 aliphatic carbocycles. The van der Waals surface area contributed by atoms with Crippen molar-refractivity contribution in [1.29, 1.82) is 0 Å². The molecule has 4 N–H and O–H groups in total. The fourth-order valence-electron chi connectivity index (χ4n) is 2.19. The topological polar surface area (TPSA) is 137 Å². The molecule has 0 fully saturated rings. The molecular weight excluding hydrogens is 422 g/mol. The van der Waals surface area contributed by atoms with Gasteiger partial charge >= 0.3 is 0 Å². The highest BCUT2D eigenvalue weighted by atomic mass is 35.5. The van der Waals surface area contributed by atoms with E-state index in [0.717, 1.165) is 0 Å². The van der Waals surface area contributed by atoms with E-state index in [4.69, 9.17) is 26.8 Å². The Kier molecular flexibility index (Phi) is 7.97. The SMILES string of the molecule is COCCNS(=O)(=O)c1ccc(OCC(=O)Nc2ccc(C(N)=O)cc2)c(Cl)c1. The average Bonchev–Trinajstić information content (AvgIpc) is 2.67. The number of rotatable bonds is 10. The molecule has 0 radical (unpaired) electrons. The molecule has 0 spiro atoms. The van der Waals surface area contributed by atoms with E-state index < -0.39 is 21.8 Å². The van der Waals surface area contributed by atoms with Crippen LogP contribution in [0.3, 0.4) is 0 Å².